The lowest BCUT2D eigenvalue weighted by molar-refractivity contribution is -0.000968. The van der Waals surface area contributed by atoms with E-state index in [1.54, 1.807) is 22.5 Å². The lowest BCUT2D eigenvalue weighted by Gasteiger charge is -2.38. The van der Waals surface area contributed by atoms with Crippen LogP contribution < -0.4 is 0 Å². The second-order valence-corrected chi connectivity index (χ2v) is 6.94. The smallest absolute Gasteiger partial charge is 0.243 e. The summed E-state index contributed by atoms with van der Waals surface area (Å²) in [4.78, 5) is 0.375. The van der Waals surface area contributed by atoms with Crippen molar-refractivity contribution in [3.8, 4) is 0 Å². The molecule has 0 N–H and O–H groups in total. The molecule has 1 saturated heterocycles. The quantitative estimate of drug-likeness (QED) is 0.854. The monoisotopic (exact) mass is 283 g/mol. The van der Waals surface area contributed by atoms with Crippen molar-refractivity contribution in [3.05, 3.63) is 29.8 Å². The van der Waals surface area contributed by atoms with E-state index < -0.39 is 10.0 Å². The number of sulfonamides is 1. The molecule has 2 rings (SSSR count). The second-order valence-electron chi connectivity index (χ2n) is 5.10. The Kier molecular flexibility index (Phi) is 4.28. The van der Waals surface area contributed by atoms with Gasteiger partial charge in [-0.05, 0) is 38.0 Å². The third kappa shape index (κ3) is 2.83. The fraction of sp³-hybridized carbons (Fsp3) is 0.571. The number of nitrogens with zero attached hydrogens (tertiary/aromatic N) is 1. The van der Waals surface area contributed by atoms with Crippen LogP contribution in [0.25, 0.3) is 0 Å². The maximum absolute atomic E-state index is 12.8. The summed E-state index contributed by atoms with van der Waals surface area (Å²) < 4.78 is 32.7. The number of hydrogen-bond acceptors (Lipinski definition) is 3. The van der Waals surface area contributed by atoms with Gasteiger partial charge in [-0.3, -0.25) is 0 Å². The van der Waals surface area contributed by atoms with E-state index in [1.807, 2.05) is 26.8 Å². The minimum absolute atomic E-state index is 0.0748. The first-order valence-corrected chi connectivity index (χ1v) is 8.08. The predicted molar refractivity (Wildman–Crippen MR) is 74.6 cm³/mol. The molecule has 0 bridgehead atoms. The van der Waals surface area contributed by atoms with Crippen molar-refractivity contribution in [1.82, 2.24) is 4.31 Å². The van der Waals surface area contributed by atoms with E-state index in [1.165, 1.54) is 0 Å². The molecular formula is C14H21NO3S. The SMILES string of the molecule is CCC1COCC(C)N1S(=O)(=O)c1cccc(C)c1. The minimum atomic E-state index is -3.44. The van der Waals surface area contributed by atoms with Gasteiger partial charge in [0.2, 0.25) is 10.0 Å². The highest BCUT2D eigenvalue weighted by atomic mass is 32.2. The first-order valence-electron chi connectivity index (χ1n) is 6.64. The highest BCUT2D eigenvalue weighted by Crippen LogP contribution is 2.26. The summed E-state index contributed by atoms with van der Waals surface area (Å²) in [5, 5.41) is 0. The van der Waals surface area contributed by atoms with Gasteiger partial charge >= 0.3 is 0 Å². The van der Waals surface area contributed by atoms with E-state index in [4.69, 9.17) is 4.74 Å². The van der Waals surface area contributed by atoms with Crippen LogP contribution in [0.15, 0.2) is 29.2 Å². The first kappa shape index (κ1) is 14.5. The van der Waals surface area contributed by atoms with Gasteiger partial charge in [-0.25, -0.2) is 8.42 Å². The Balaban J connectivity index is 2.42. The van der Waals surface area contributed by atoms with Crippen LogP contribution in [0.1, 0.15) is 25.8 Å². The Morgan fingerprint density at radius 2 is 2.11 bits per heavy atom. The summed E-state index contributed by atoms with van der Waals surface area (Å²) in [5.74, 6) is 0. The summed E-state index contributed by atoms with van der Waals surface area (Å²) in [6.07, 6.45) is 0.759. The van der Waals surface area contributed by atoms with Crippen LogP contribution in [0.2, 0.25) is 0 Å². The van der Waals surface area contributed by atoms with Crippen LogP contribution in [0.5, 0.6) is 0 Å². The fourth-order valence-electron chi connectivity index (χ4n) is 2.51. The van der Waals surface area contributed by atoms with Crippen molar-refractivity contribution < 1.29 is 13.2 Å². The van der Waals surface area contributed by atoms with E-state index in [-0.39, 0.29) is 12.1 Å². The number of aryl methyl sites for hydroxylation is 1. The summed E-state index contributed by atoms with van der Waals surface area (Å²) in [6, 6.07) is 6.88. The van der Waals surface area contributed by atoms with Gasteiger partial charge in [0, 0.05) is 12.1 Å². The molecule has 1 aliphatic rings. The van der Waals surface area contributed by atoms with Gasteiger partial charge in [0.25, 0.3) is 0 Å². The molecule has 0 aromatic heterocycles. The van der Waals surface area contributed by atoms with Gasteiger partial charge in [-0.1, -0.05) is 19.1 Å². The normalized spacial score (nSPS) is 25.4. The molecule has 5 heteroatoms. The van der Waals surface area contributed by atoms with Crippen LogP contribution in [-0.2, 0) is 14.8 Å². The molecule has 0 aliphatic carbocycles. The summed E-state index contributed by atoms with van der Waals surface area (Å²) >= 11 is 0. The Hall–Kier alpha value is -0.910. The Morgan fingerprint density at radius 1 is 1.37 bits per heavy atom. The number of ether oxygens (including phenoxy) is 1. The van der Waals surface area contributed by atoms with E-state index in [2.05, 4.69) is 0 Å². The number of hydrogen-bond donors (Lipinski definition) is 0. The molecule has 1 aromatic rings. The van der Waals surface area contributed by atoms with Crippen LogP contribution in [0, 0.1) is 6.92 Å². The van der Waals surface area contributed by atoms with Gasteiger partial charge in [-0.2, -0.15) is 4.31 Å². The lowest BCUT2D eigenvalue weighted by Crippen LogP contribution is -2.53. The van der Waals surface area contributed by atoms with Crippen molar-refractivity contribution in [2.45, 2.75) is 44.2 Å². The number of morpholine rings is 1. The summed E-state index contributed by atoms with van der Waals surface area (Å²) in [6.45, 7) is 6.73. The van der Waals surface area contributed by atoms with Gasteiger partial charge in [-0.15, -0.1) is 0 Å². The highest BCUT2D eigenvalue weighted by molar-refractivity contribution is 7.89. The van der Waals surface area contributed by atoms with Crippen LogP contribution >= 0.6 is 0 Å². The molecule has 19 heavy (non-hydrogen) atoms. The maximum Gasteiger partial charge on any atom is 0.243 e. The van der Waals surface area contributed by atoms with Crippen LogP contribution in [-0.4, -0.2) is 38.0 Å². The number of benzene rings is 1. The van der Waals surface area contributed by atoms with E-state index in [0.717, 1.165) is 12.0 Å². The van der Waals surface area contributed by atoms with E-state index in [9.17, 15) is 8.42 Å². The zero-order chi connectivity index (χ0) is 14.0. The molecule has 0 saturated carbocycles. The van der Waals surface area contributed by atoms with E-state index >= 15 is 0 Å². The first-order chi connectivity index (χ1) is 8.96. The zero-order valence-corrected chi connectivity index (χ0v) is 12.5. The highest BCUT2D eigenvalue weighted by Gasteiger charge is 2.37. The standard InChI is InChI=1S/C14H21NO3S/c1-4-13-10-18-9-12(3)15(13)19(16,17)14-7-5-6-11(2)8-14/h5-8,12-13H,4,9-10H2,1-3H3. The van der Waals surface area contributed by atoms with Crippen molar-refractivity contribution in [2.75, 3.05) is 13.2 Å². The average Bonchev–Trinajstić information content (AvgIpc) is 2.38. The largest absolute Gasteiger partial charge is 0.378 e. The average molecular weight is 283 g/mol. The lowest BCUT2D eigenvalue weighted by atomic mass is 10.2. The predicted octanol–water partition coefficient (Wildman–Crippen LogP) is 2.18. The summed E-state index contributed by atoms with van der Waals surface area (Å²) in [5.41, 5.74) is 0.954. The van der Waals surface area contributed by atoms with Gasteiger partial charge < -0.3 is 4.74 Å². The van der Waals surface area contributed by atoms with Crippen molar-refractivity contribution >= 4 is 10.0 Å². The Bertz CT molecular complexity index is 541. The molecule has 1 aromatic carbocycles. The molecule has 4 nitrogen and oxygen atoms in total. The van der Waals surface area contributed by atoms with Crippen LogP contribution in [0.4, 0.5) is 0 Å². The zero-order valence-electron chi connectivity index (χ0n) is 11.7. The van der Waals surface area contributed by atoms with Crippen molar-refractivity contribution in [2.24, 2.45) is 0 Å². The third-order valence-corrected chi connectivity index (χ3v) is 5.56. The van der Waals surface area contributed by atoms with Crippen LogP contribution in [0.3, 0.4) is 0 Å². The molecular weight excluding hydrogens is 262 g/mol. The maximum atomic E-state index is 12.8. The van der Waals surface area contributed by atoms with E-state index in [0.29, 0.717) is 18.1 Å². The molecule has 0 radical (unpaired) electrons. The van der Waals surface area contributed by atoms with Crippen molar-refractivity contribution in [1.29, 1.82) is 0 Å². The molecule has 2 atom stereocenters. The molecule has 0 amide bonds. The Labute approximate surface area is 115 Å². The fourth-order valence-corrected chi connectivity index (χ4v) is 4.48. The number of rotatable bonds is 3. The topological polar surface area (TPSA) is 46.6 Å². The molecule has 1 aliphatic heterocycles. The van der Waals surface area contributed by atoms with Gasteiger partial charge in [0.1, 0.15) is 0 Å². The second kappa shape index (κ2) is 5.61. The van der Waals surface area contributed by atoms with Crippen molar-refractivity contribution in [3.63, 3.8) is 0 Å². The minimum Gasteiger partial charge on any atom is -0.378 e. The van der Waals surface area contributed by atoms with Gasteiger partial charge in [0.05, 0.1) is 18.1 Å². The Morgan fingerprint density at radius 3 is 2.74 bits per heavy atom. The molecule has 0 spiro atoms. The molecule has 1 fully saturated rings. The third-order valence-electron chi connectivity index (χ3n) is 3.50. The molecule has 1 heterocycles. The summed E-state index contributed by atoms with van der Waals surface area (Å²) in [7, 11) is -3.44. The van der Waals surface area contributed by atoms with Gasteiger partial charge in [0.15, 0.2) is 0 Å². The molecule has 2 unspecified atom stereocenters. The molecule has 106 valence electrons.